The van der Waals surface area contributed by atoms with Crippen LogP contribution in [0, 0.1) is 0 Å². The predicted octanol–water partition coefficient (Wildman–Crippen LogP) is 2.96. The van der Waals surface area contributed by atoms with E-state index < -0.39 is 29.2 Å². The van der Waals surface area contributed by atoms with Crippen LogP contribution in [0.3, 0.4) is 0 Å². The van der Waals surface area contributed by atoms with Crippen molar-refractivity contribution in [3.8, 4) is 0 Å². The first-order valence-corrected chi connectivity index (χ1v) is 6.37. The molecule has 0 amide bonds. The average Bonchev–Trinajstić information content (AvgIpc) is 2.38. The Kier molecular flexibility index (Phi) is 3.77. The van der Waals surface area contributed by atoms with Gasteiger partial charge in [0.15, 0.2) is 0 Å². The van der Waals surface area contributed by atoms with Crippen molar-refractivity contribution in [1.29, 1.82) is 0 Å². The van der Waals surface area contributed by atoms with Crippen molar-refractivity contribution in [2.24, 2.45) is 0 Å². The molecule has 1 aromatic carbocycles. The maximum Gasteiger partial charge on any atom is 0.416 e. The molecule has 0 saturated heterocycles. The van der Waals surface area contributed by atoms with Crippen LogP contribution in [0.5, 0.6) is 0 Å². The molecule has 20 heavy (non-hydrogen) atoms. The van der Waals surface area contributed by atoms with Gasteiger partial charge < -0.3 is 10.2 Å². The van der Waals surface area contributed by atoms with E-state index in [0.717, 1.165) is 30.7 Å². The second kappa shape index (κ2) is 5.09. The zero-order valence-corrected chi connectivity index (χ0v) is 10.7. The first-order chi connectivity index (χ1) is 9.28. The summed E-state index contributed by atoms with van der Waals surface area (Å²) in [7, 11) is 0. The van der Waals surface area contributed by atoms with Crippen molar-refractivity contribution in [2.75, 3.05) is 0 Å². The maximum atomic E-state index is 12.5. The van der Waals surface area contributed by atoms with Crippen LogP contribution in [-0.4, -0.2) is 22.3 Å². The molecule has 1 fully saturated rings. The van der Waals surface area contributed by atoms with E-state index >= 15 is 0 Å². The number of halogens is 3. The lowest BCUT2D eigenvalue weighted by molar-refractivity contribution is -0.151. The fourth-order valence-corrected chi connectivity index (χ4v) is 2.82. The highest BCUT2D eigenvalue weighted by Gasteiger charge is 2.48. The molecule has 1 aromatic rings. The molecule has 6 heteroatoms. The van der Waals surface area contributed by atoms with Gasteiger partial charge in [0.1, 0.15) is 5.41 Å². The SMILES string of the molecule is O=C(O)[C@]1(c2ccc(C(F)(F)F)cc2)CCCC[C@H]1O. The van der Waals surface area contributed by atoms with Gasteiger partial charge in [-0.15, -0.1) is 0 Å². The lowest BCUT2D eigenvalue weighted by Gasteiger charge is -2.38. The number of aliphatic hydroxyl groups excluding tert-OH is 1. The van der Waals surface area contributed by atoms with E-state index in [1.54, 1.807) is 0 Å². The largest absolute Gasteiger partial charge is 0.481 e. The van der Waals surface area contributed by atoms with Crippen LogP contribution < -0.4 is 0 Å². The van der Waals surface area contributed by atoms with E-state index in [-0.39, 0.29) is 12.0 Å². The molecule has 2 atom stereocenters. The number of aliphatic carboxylic acids is 1. The van der Waals surface area contributed by atoms with Gasteiger partial charge in [-0.3, -0.25) is 4.79 Å². The van der Waals surface area contributed by atoms with Gasteiger partial charge in [0.05, 0.1) is 11.7 Å². The van der Waals surface area contributed by atoms with E-state index in [9.17, 15) is 28.2 Å². The second-order valence-corrected chi connectivity index (χ2v) is 5.11. The molecular formula is C14H15F3O3. The number of rotatable bonds is 2. The van der Waals surface area contributed by atoms with Crippen molar-refractivity contribution in [3.63, 3.8) is 0 Å². The molecule has 0 aromatic heterocycles. The molecule has 0 spiro atoms. The minimum Gasteiger partial charge on any atom is -0.481 e. The molecule has 110 valence electrons. The summed E-state index contributed by atoms with van der Waals surface area (Å²) < 4.78 is 37.6. The summed E-state index contributed by atoms with van der Waals surface area (Å²) in [5.41, 5.74) is -2.10. The van der Waals surface area contributed by atoms with E-state index in [1.165, 1.54) is 0 Å². The first-order valence-electron chi connectivity index (χ1n) is 6.37. The number of carboxylic acids is 1. The number of alkyl halides is 3. The van der Waals surface area contributed by atoms with Crippen LogP contribution in [0.15, 0.2) is 24.3 Å². The Morgan fingerprint density at radius 3 is 2.25 bits per heavy atom. The Balaban J connectivity index is 2.43. The Morgan fingerprint density at radius 2 is 1.80 bits per heavy atom. The highest BCUT2D eigenvalue weighted by Crippen LogP contribution is 2.41. The molecule has 1 aliphatic carbocycles. The molecule has 2 N–H and O–H groups in total. The van der Waals surface area contributed by atoms with Gasteiger partial charge in [-0.2, -0.15) is 13.2 Å². The normalized spacial score (nSPS) is 27.3. The molecule has 0 unspecified atom stereocenters. The average molecular weight is 288 g/mol. The van der Waals surface area contributed by atoms with Crippen LogP contribution in [-0.2, 0) is 16.4 Å². The van der Waals surface area contributed by atoms with E-state index in [2.05, 4.69) is 0 Å². The van der Waals surface area contributed by atoms with Gasteiger partial charge in [0.2, 0.25) is 0 Å². The van der Waals surface area contributed by atoms with Gasteiger partial charge in [0, 0.05) is 0 Å². The van der Waals surface area contributed by atoms with Crippen LogP contribution >= 0.6 is 0 Å². The molecule has 0 aliphatic heterocycles. The van der Waals surface area contributed by atoms with Crippen LogP contribution in [0.2, 0.25) is 0 Å². The molecular weight excluding hydrogens is 273 g/mol. The van der Waals surface area contributed by atoms with Crippen LogP contribution in [0.4, 0.5) is 13.2 Å². The van der Waals surface area contributed by atoms with Crippen molar-refractivity contribution in [2.45, 2.75) is 43.4 Å². The van der Waals surface area contributed by atoms with Gasteiger partial charge in [-0.05, 0) is 30.5 Å². The van der Waals surface area contributed by atoms with Gasteiger partial charge in [0.25, 0.3) is 0 Å². The minimum absolute atomic E-state index is 0.227. The van der Waals surface area contributed by atoms with E-state index in [4.69, 9.17) is 0 Å². The number of hydrogen-bond acceptors (Lipinski definition) is 2. The second-order valence-electron chi connectivity index (χ2n) is 5.11. The smallest absolute Gasteiger partial charge is 0.416 e. The Hall–Kier alpha value is -1.56. The molecule has 1 aliphatic rings. The monoisotopic (exact) mass is 288 g/mol. The summed E-state index contributed by atoms with van der Waals surface area (Å²) in [5, 5.41) is 19.5. The minimum atomic E-state index is -4.46. The van der Waals surface area contributed by atoms with Gasteiger partial charge >= 0.3 is 12.1 Å². The molecule has 0 radical (unpaired) electrons. The third-order valence-electron chi connectivity index (χ3n) is 3.98. The highest BCUT2D eigenvalue weighted by atomic mass is 19.4. The maximum absolute atomic E-state index is 12.5. The topological polar surface area (TPSA) is 57.5 Å². The summed E-state index contributed by atoms with van der Waals surface area (Å²) in [5.74, 6) is -1.19. The van der Waals surface area contributed by atoms with Crippen molar-refractivity contribution in [3.05, 3.63) is 35.4 Å². The van der Waals surface area contributed by atoms with Gasteiger partial charge in [-0.1, -0.05) is 25.0 Å². The Morgan fingerprint density at radius 1 is 1.20 bits per heavy atom. The summed E-state index contributed by atoms with van der Waals surface area (Å²) in [6.07, 6.45) is -3.62. The van der Waals surface area contributed by atoms with E-state index in [0.29, 0.717) is 12.8 Å². The number of benzene rings is 1. The quantitative estimate of drug-likeness (QED) is 0.879. The Labute approximate surface area is 114 Å². The van der Waals surface area contributed by atoms with E-state index in [1.807, 2.05) is 0 Å². The number of carboxylic acid groups (broad SMARTS) is 1. The fourth-order valence-electron chi connectivity index (χ4n) is 2.82. The number of carbonyl (C=O) groups is 1. The lowest BCUT2D eigenvalue weighted by Crippen LogP contribution is -2.48. The predicted molar refractivity (Wildman–Crippen MR) is 65.2 cm³/mol. The third kappa shape index (κ3) is 2.40. The molecule has 2 rings (SSSR count). The van der Waals surface area contributed by atoms with Crippen molar-refractivity contribution in [1.82, 2.24) is 0 Å². The standard InChI is InChI=1S/C14H15F3O3/c15-14(16,17)10-6-4-9(5-7-10)13(12(19)20)8-2-1-3-11(13)18/h4-7,11,18H,1-3,8H2,(H,19,20)/t11-,13+/m1/s1. The zero-order valence-electron chi connectivity index (χ0n) is 10.7. The van der Waals surface area contributed by atoms with Crippen molar-refractivity contribution >= 4 is 5.97 Å². The van der Waals surface area contributed by atoms with Crippen LogP contribution in [0.1, 0.15) is 36.8 Å². The fraction of sp³-hybridized carbons (Fsp3) is 0.500. The highest BCUT2D eigenvalue weighted by molar-refractivity contribution is 5.82. The summed E-state index contributed by atoms with van der Waals surface area (Å²) >= 11 is 0. The number of hydrogen-bond donors (Lipinski definition) is 2. The molecule has 0 bridgehead atoms. The van der Waals surface area contributed by atoms with Crippen molar-refractivity contribution < 1.29 is 28.2 Å². The summed E-state index contributed by atoms with van der Waals surface area (Å²) in [6.45, 7) is 0. The zero-order chi connectivity index (χ0) is 15.0. The summed E-state index contributed by atoms with van der Waals surface area (Å²) in [6, 6.07) is 4.04. The molecule has 3 nitrogen and oxygen atoms in total. The van der Waals surface area contributed by atoms with Gasteiger partial charge in [-0.25, -0.2) is 0 Å². The summed E-state index contributed by atoms with van der Waals surface area (Å²) in [4.78, 5) is 11.6. The van der Waals surface area contributed by atoms with Crippen LogP contribution in [0.25, 0.3) is 0 Å². The first kappa shape index (κ1) is 14.8. The third-order valence-corrected chi connectivity index (χ3v) is 3.98. The molecule has 0 heterocycles. The lowest BCUT2D eigenvalue weighted by atomic mass is 9.67. The Bertz CT molecular complexity index is 495. The number of aliphatic hydroxyl groups is 1. The molecule has 1 saturated carbocycles.